The number of pyridine rings is 1. The highest BCUT2D eigenvalue weighted by molar-refractivity contribution is 14.1. The van der Waals surface area contributed by atoms with Gasteiger partial charge in [0, 0.05) is 15.8 Å². The molecule has 0 fully saturated rings. The average Bonchev–Trinajstić information content (AvgIpc) is 2.09. The molecule has 0 atom stereocenters. The van der Waals surface area contributed by atoms with Gasteiger partial charge < -0.3 is 5.73 Å². The molecular weight excluding hydrogens is 282 g/mol. The molecule has 0 aliphatic rings. The number of rotatable bonds is 4. The van der Waals surface area contributed by atoms with Crippen LogP contribution in [0.1, 0.15) is 18.4 Å². The van der Waals surface area contributed by atoms with Crippen LogP contribution in [-0.2, 0) is 6.42 Å². The lowest BCUT2D eigenvalue weighted by Gasteiger charge is -2.02. The standard InChI is InChI=1S/C9H12FIN2/c10-9-5-8(11)7(6-13-9)3-1-2-4-12/h5-6H,1-4,12H2. The van der Waals surface area contributed by atoms with Gasteiger partial charge in [0.15, 0.2) is 0 Å². The Labute approximate surface area is 90.9 Å². The van der Waals surface area contributed by atoms with Crippen molar-refractivity contribution in [3.63, 3.8) is 0 Å². The number of aryl methyl sites for hydroxylation is 1. The lowest BCUT2D eigenvalue weighted by atomic mass is 10.1. The van der Waals surface area contributed by atoms with Crippen molar-refractivity contribution in [1.82, 2.24) is 4.98 Å². The van der Waals surface area contributed by atoms with E-state index < -0.39 is 5.95 Å². The van der Waals surface area contributed by atoms with Gasteiger partial charge in [0.2, 0.25) is 5.95 Å². The van der Waals surface area contributed by atoms with Crippen LogP contribution >= 0.6 is 22.6 Å². The van der Waals surface area contributed by atoms with Gasteiger partial charge in [-0.15, -0.1) is 0 Å². The van der Waals surface area contributed by atoms with Crippen molar-refractivity contribution in [2.24, 2.45) is 5.73 Å². The van der Waals surface area contributed by atoms with E-state index in [1.165, 1.54) is 6.07 Å². The molecule has 0 unspecified atom stereocenters. The van der Waals surface area contributed by atoms with Crippen molar-refractivity contribution in [3.05, 3.63) is 27.3 Å². The monoisotopic (exact) mass is 294 g/mol. The number of aromatic nitrogens is 1. The normalized spacial score (nSPS) is 10.4. The van der Waals surface area contributed by atoms with E-state index >= 15 is 0 Å². The molecule has 0 saturated heterocycles. The van der Waals surface area contributed by atoms with Crippen molar-refractivity contribution in [2.45, 2.75) is 19.3 Å². The number of unbranched alkanes of at least 4 members (excludes halogenated alkanes) is 1. The van der Waals surface area contributed by atoms with Crippen molar-refractivity contribution in [1.29, 1.82) is 0 Å². The van der Waals surface area contributed by atoms with E-state index in [1.807, 2.05) is 0 Å². The van der Waals surface area contributed by atoms with Gasteiger partial charge in [-0.1, -0.05) is 0 Å². The van der Waals surface area contributed by atoms with Gasteiger partial charge in [-0.05, 0) is 54.0 Å². The molecule has 4 heteroatoms. The van der Waals surface area contributed by atoms with E-state index in [9.17, 15) is 4.39 Å². The van der Waals surface area contributed by atoms with Crippen LogP contribution < -0.4 is 5.73 Å². The molecule has 0 spiro atoms. The molecule has 1 aromatic rings. The molecule has 1 rings (SSSR count). The molecule has 0 radical (unpaired) electrons. The molecule has 0 aromatic carbocycles. The summed E-state index contributed by atoms with van der Waals surface area (Å²) in [4.78, 5) is 3.62. The Kier molecular flexibility index (Phi) is 4.58. The lowest BCUT2D eigenvalue weighted by molar-refractivity contribution is 0.580. The van der Waals surface area contributed by atoms with E-state index in [1.54, 1.807) is 6.20 Å². The van der Waals surface area contributed by atoms with Gasteiger partial charge in [-0.2, -0.15) is 4.39 Å². The van der Waals surface area contributed by atoms with Crippen molar-refractivity contribution in [2.75, 3.05) is 6.54 Å². The zero-order valence-electron chi connectivity index (χ0n) is 7.26. The minimum absolute atomic E-state index is 0.410. The predicted molar refractivity (Wildman–Crippen MR) is 58.9 cm³/mol. The van der Waals surface area contributed by atoms with Crippen LogP contribution in [0.15, 0.2) is 12.3 Å². The summed E-state index contributed by atoms with van der Waals surface area (Å²) >= 11 is 2.13. The third-order valence-corrected chi connectivity index (χ3v) is 2.80. The summed E-state index contributed by atoms with van der Waals surface area (Å²) in [5.41, 5.74) is 6.48. The highest BCUT2D eigenvalue weighted by Gasteiger charge is 2.01. The van der Waals surface area contributed by atoms with E-state index in [-0.39, 0.29) is 0 Å². The largest absolute Gasteiger partial charge is 0.330 e. The fraction of sp³-hybridized carbons (Fsp3) is 0.444. The molecule has 13 heavy (non-hydrogen) atoms. The zero-order chi connectivity index (χ0) is 9.68. The summed E-state index contributed by atoms with van der Waals surface area (Å²) in [7, 11) is 0. The van der Waals surface area contributed by atoms with Gasteiger partial charge in [0.1, 0.15) is 0 Å². The highest BCUT2D eigenvalue weighted by Crippen LogP contribution is 2.14. The summed E-state index contributed by atoms with van der Waals surface area (Å²) in [5, 5.41) is 0. The van der Waals surface area contributed by atoms with Gasteiger partial charge in [-0.3, -0.25) is 0 Å². The quantitative estimate of drug-likeness (QED) is 0.525. The molecule has 0 saturated carbocycles. The first-order valence-electron chi connectivity index (χ1n) is 4.24. The second kappa shape index (κ2) is 5.49. The number of nitrogens with zero attached hydrogens (tertiary/aromatic N) is 1. The van der Waals surface area contributed by atoms with Gasteiger partial charge in [-0.25, -0.2) is 4.98 Å². The maximum Gasteiger partial charge on any atom is 0.213 e. The Morgan fingerprint density at radius 1 is 1.46 bits per heavy atom. The second-order valence-corrected chi connectivity index (χ2v) is 4.01. The molecule has 2 N–H and O–H groups in total. The van der Waals surface area contributed by atoms with Crippen LogP contribution in [0, 0.1) is 9.52 Å². The van der Waals surface area contributed by atoms with Crippen molar-refractivity contribution < 1.29 is 4.39 Å². The van der Waals surface area contributed by atoms with Crippen LogP contribution in [0.5, 0.6) is 0 Å². The lowest BCUT2D eigenvalue weighted by Crippen LogP contribution is -2.00. The maximum absolute atomic E-state index is 12.6. The van der Waals surface area contributed by atoms with Crippen LogP contribution in [0.4, 0.5) is 4.39 Å². The minimum atomic E-state index is -0.410. The summed E-state index contributed by atoms with van der Waals surface area (Å²) in [6.45, 7) is 0.713. The van der Waals surface area contributed by atoms with Crippen molar-refractivity contribution >= 4 is 22.6 Å². The van der Waals surface area contributed by atoms with Crippen LogP contribution in [0.3, 0.4) is 0 Å². The third kappa shape index (κ3) is 3.56. The summed E-state index contributed by atoms with van der Waals surface area (Å²) in [5.74, 6) is -0.410. The molecule has 72 valence electrons. The van der Waals surface area contributed by atoms with E-state index in [0.717, 1.165) is 28.4 Å². The Balaban J connectivity index is 2.56. The maximum atomic E-state index is 12.6. The first-order valence-corrected chi connectivity index (χ1v) is 5.32. The van der Waals surface area contributed by atoms with Gasteiger partial charge >= 0.3 is 0 Å². The first-order chi connectivity index (χ1) is 6.24. The van der Waals surface area contributed by atoms with Crippen LogP contribution in [0.2, 0.25) is 0 Å². The predicted octanol–water partition coefficient (Wildman–Crippen LogP) is 2.11. The number of halogens is 2. The molecular formula is C9H12FIN2. The smallest absolute Gasteiger partial charge is 0.213 e. The second-order valence-electron chi connectivity index (χ2n) is 2.84. The van der Waals surface area contributed by atoms with Crippen LogP contribution in [-0.4, -0.2) is 11.5 Å². The SMILES string of the molecule is NCCCCc1cnc(F)cc1I. The fourth-order valence-corrected chi connectivity index (χ4v) is 1.75. The Hall–Kier alpha value is -0.230. The van der Waals surface area contributed by atoms with Gasteiger partial charge in [0.05, 0.1) is 0 Å². The minimum Gasteiger partial charge on any atom is -0.330 e. The molecule has 0 aliphatic carbocycles. The van der Waals surface area contributed by atoms with E-state index in [4.69, 9.17) is 5.73 Å². The van der Waals surface area contributed by atoms with E-state index in [0.29, 0.717) is 6.54 Å². The van der Waals surface area contributed by atoms with Crippen LogP contribution in [0.25, 0.3) is 0 Å². The molecule has 0 aliphatic heterocycles. The molecule has 2 nitrogen and oxygen atoms in total. The van der Waals surface area contributed by atoms with Crippen molar-refractivity contribution in [3.8, 4) is 0 Å². The number of nitrogens with two attached hydrogens (primary N) is 1. The third-order valence-electron chi connectivity index (χ3n) is 1.80. The topological polar surface area (TPSA) is 38.9 Å². The Morgan fingerprint density at radius 2 is 2.23 bits per heavy atom. The summed E-state index contributed by atoms with van der Waals surface area (Å²) in [6, 6.07) is 1.46. The fourth-order valence-electron chi connectivity index (χ4n) is 1.08. The number of hydrogen-bond donors (Lipinski definition) is 1. The molecule has 0 amide bonds. The molecule has 0 bridgehead atoms. The van der Waals surface area contributed by atoms with Gasteiger partial charge in [0.25, 0.3) is 0 Å². The zero-order valence-corrected chi connectivity index (χ0v) is 9.42. The summed E-state index contributed by atoms with van der Waals surface area (Å²) < 4.78 is 13.5. The Bertz CT molecular complexity index is 278. The molecule has 1 aromatic heterocycles. The average molecular weight is 294 g/mol. The first kappa shape index (κ1) is 10.8. The number of hydrogen-bond acceptors (Lipinski definition) is 2. The Morgan fingerprint density at radius 3 is 2.85 bits per heavy atom. The van der Waals surface area contributed by atoms with E-state index in [2.05, 4.69) is 27.6 Å². The summed E-state index contributed by atoms with van der Waals surface area (Å²) in [6.07, 6.45) is 4.59. The molecule has 1 heterocycles. The highest BCUT2D eigenvalue weighted by atomic mass is 127.